The third-order valence-corrected chi connectivity index (χ3v) is 5.02. The molecule has 0 atom stereocenters. The minimum Gasteiger partial charge on any atom is -0.506 e. The van der Waals surface area contributed by atoms with Gasteiger partial charge in [0.15, 0.2) is 0 Å². The Morgan fingerprint density at radius 2 is 1.67 bits per heavy atom. The summed E-state index contributed by atoms with van der Waals surface area (Å²) in [5, 5.41) is 22.9. The minimum absolute atomic E-state index is 0.0826. The van der Waals surface area contributed by atoms with Crippen LogP contribution in [-0.4, -0.2) is 21.7 Å². The second-order valence-corrected chi connectivity index (χ2v) is 6.75. The van der Waals surface area contributed by atoms with Gasteiger partial charge in [-0.05, 0) is 35.9 Å². The molecule has 0 unspecified atom stereocenters. The molecule has 0 saturated heterocycles. The molecule has 7 heteroatoms. The van der Waals surface area contributed by atoms with Gasteiger partial charge in [0.2, 0.25) is 0 Å². The van der Waals surface area contributed by atoms with Crippen molar-refractivity contribution in [3.63, 3.8) is 0 Å². The van der Waals surface area contributed by atoms with Gasteiger partial charge in [-0.1, -0.05) is 36.4 Å². The first kappa shape index (κ1) is 19.2. The van der Waals surface area contributed by atoms with E-state index in [2.05, 4.69) is 0 Å². The number of hydrogen-bond acceptors (Lipinski definition) is 5. The normalized spacial score (nSPS) is 10.8. The van der Waals surface area contributed by atoms with Crippen molar-refractivity contribution in [3.8, 4) is 22.6 Å². The summed E-state index contributed by atoms with van der Waals surface area (Å²) in [5.74, 6) is 0.429. The maximum Gasteiger partial charge on any atom is 0.277 e. The number of nitro benzene ring substituents is 1. The number of aromatic hydroxyl groups is 1. The lowest BCUT2D eigenvalue weighted by molar-refractivity contribution is -0.384. The van der Waals surface area contributed by atoms with Crippen molar-refractivity contribution >= 4 is 16.6 Å². The van der Waals surface area contributed by atoms with E-state index in [1.54, 1.807) is 49.6 Å². The lowest BCUT2D eigenvalue weighted by atomic mass is 10.0. The van der Waals surface area contributed by atoms with Crippen LogP contribution in [0.1, 0.15) is 5.56 Å². The van der Waals surface area contributed by atoms with Crippen molar-refractivity contribution in [2.24, 2.45) is 0 Å². The average molecular weight is 402 g/mol. The molecule has 4 aromatic rings. The molecule has 0 aliphatic carbocycles. The van der Waals surface area contributed by atoms with Crippen molar-refractivity contribution < 1.29 is 14.8 Å². The van der Waals surface area contributed by atoms with Crippen LogP contribution in [0.3, 0.4) is 0 Å². The van der Waals surface area contributed by atoms with Gasteiger partial charge >= 0.3 is 0 Å². The van der Waals surface area contributed by atoms with Gasteiger partial charge in [-0.15, -0.1) is 0 Å². The van der Waals surface area contributed by atoms with E-state index < -0.39 is 10.5 Å². The Bertz CT molecular complexity index is 1310. The van der Waals surface area contributed by atoms with E-state index in [-0.39, 0.29) is 29.1 Å². The van der Waals surface area contributed by atoms with E-state index in [1.807, 2.05) is 12.1 Å². The number of ether oxygens (including phenoxy) is 1. The molecule has 0 fully saturated rings. The van der Waals surface area contributed by atoms with Gasteiger partial charge in [-0.3, -0.25) is 14.9 Å². The molecule has 7 nitrogen and oxygen atoms in total. The molecule has 0 aliphatic rings. The summed E-state index contributed by atoms with van der Waals surface area (Å²) in [4.78, 5) is 24.4. The largest absolute Gasteiger partial charge is 0.506 e. The standard InChI is InChI=1S/C23H18N2O5/c1-30-16-12-10-15(11-13-16)14-24-19-8-4-3-7-18(19)22(26)21(23(24)27)17-6-2-5-9-20(17)25(28)29/h2-13,26H,14H2,1H3. The fourth-order valence-electron chi connectivity index (χ4n) is 3.55. The Morgan fingerprint density at radius 3 is 2.37 bits per heavy atom. The molecule has 3 aromatic carbocycles. The number of fused-ring (bicyclic) bond motifs is 1. The number of hydrogen-bond donors (Lipinski definition) is 1. The number of benzene rings is 3. The summed E-state index contributed by atoms with van der Waals surface area (Å²) >= 11 is 0. The molecule has 1 aromatic heterocycles. The number of aromatic nitrogens is 1. The second-order valence-electron chi connectivity index (χ2n) is 6.75. The molecule has 0 aliphatic heterocycles. The summed E-state index contributed by atoms with van der Waals surface area (Å²) in [7, 11) is 1.58. The third kappa shape index (κ3) is 3.26. The van der Waals surface area contributed by atoms with E-state index in [0.29, 0.717) is 16.7 Å². The first-order chi connectivity index (χ1) is 14.5. The predicted molar refractivity (Wildman–Crippen MR) is 114 cm³/mol. The summed E-state index contributed by atoms with van der Waals surface area (Å²) in [6.45, 7) is 0.233. The Labute approximate surface area is 171 Å². The van der Waals surface area contributed by atoms with Crippen LogP contribution >= 0.6 is 0 Å². The third-order valence-electron chi connectivity index (χ3n) is 5.02. The minimum atomic E-state index is -0.558. The molecule has 1 N–H and O–H groups in total. The van der Waals surface area contributed by atoms with Crippen LogP contribution in [0.15, 0.2) is 77.6 Å². The number of rotatable bonds is 5. The molecule has 150 valence electrons. The van der Waals surface area contributed by atoms with Crippen molar-refractivity contribution in [2.75, 3.05) is 7.11 Å². The molecule has 0 amide bonds. The van der Waals surface area contributed by atoms with Crippen LogP contribution in [0.4, 0.5) is 5.69 Å². The highest BCUT2D eigenvalue weighted by molar-refractivity contribution is 5.93. The van der Waals surface area contributed by atoms with Crippen LogP contribution in [0, 0.1) is 10.1 Å². The summed E-state index contributed by atoms with van der Waals surface area (Å²) in [6, 6.07) is 20.1. The Balaban J connectivity index is 1.99. The highest BCUT2D eigenvalue weighted by Crippen LogP contribution is 2.37. The maximum absolute atomic E-state index is 13.5. The van der Waals surface area contributed by atoms with Crippen LogP contribution < -0.4 is 10.3 Å². The van der Waals surface area contributed by atoms with E-state index in [1.165, 1.54) is 22.8 Å². The van der Waals surface area contributed by atoms with Crippen molar-refractivity contribution in [3.05, 3.63) is 98.8 Å². The molecule has 0 radical (unpaired) electrons. The Hall–Kier alpha value is -4.13. The Morgan fingerprint density at radius 1 is 1.00 bits per heavy atom. The molecular formula is C23H18N2O5. The van der Waals surface area contributed by atoms with Crippen LogP contribution in [0.5, 0.6) is 11.5 Å². The van der Waals surface area contributed by atoms with E-state index >= 15 is 0 Å². The number of nitro groups is 1. The van der Waals surface area contributed by atoms with Crippen LogP contribution in [-0.2, 0) is 6.54 Å². The molecule has 1 heterocycles. The van der Waals surface area contributed by atoms with Gasteiger partial charge in [0.05, 0.1) is 35.2 Å². The molecule has 30 heavy (non-hydrogen) atoms. The zero-order chi connectivity index (χ0) is 21.3. The van der Waals surface area contributed by atoms with Crippen LogP contribution in [0.25, 0.3) is 22.0 Å². The maximum atomic E-state index is 13.5. The summed E-state index contributed by atoms with van der Waals surface area (Å²) in [6.07, 6.45) is 0. The van der Waals surface area contributed by atoms with Gasteiger partial charge in [-0.2, -0.15) is 0 Å². The SMILES string of the molecule is COc1ccc(Cn2c(=O)c(-c3ccccc3[N+](=O)[O-])c(O)c3ccccc32)cc1. The van der Waals surface area contributed by atoms with Gasteiger partial charge in [0, 0.05) is 11.5 Å². The van der Waals surface area contributed by atoms with Crippen molar-refractivity contribution in [2.45, 2.75) is 6.54 Å². The van der Waals surface area contributed by atoms with E-state index in [9.17, 15) is 20.0 Å². The lowest BCUT2D eigenvalue weighted by Gasteiger charge is -2.15. The van der Waals surface area contributed by atoms with E-state index in [0.717, 1.165) is 5.56 Å². The zero-order valence-corrected chi connectivity index (χ0v) is 16.1. The summed E-state index contributed by atoms with van der Waals surface area (Å²) < 4.78 is 6.69. The van der Waals surface area contributed by atoms with Crippen LogP contribution in [0.2, 0.25) is 0 Å². The fraction of sp³-hybridized carbons (Fsp3) is 0.0870. The smallest absolute Gasteiger partial charge is 0.277 e. The lowest BCUT2D eigenvalue weighted by Crippen LogP contribution is -2.23. The molecule has 0 spiro atoms. The monoisotopic (exact) mass is 402 g/mol. The first-order valence-corrected chi connectivity index (χ1v) is 9.22. The zero-order valence-electron chi connectivity index (χ0n) is 16.1. The number of nitrogens with zero attached hydrogens (tertiary/aromatic N) is 2. The topological polar surface area (TPSA) is 94.6 Å². The number of methoxy groups -OCH3 is 1. The fourth-order valence-corrected chi connectivity index (χ4v) is 3.55. The quantitative estimate of drug-likeness (QED) is 0.396. The molecule has 0 saturated carbocycles. The van der Waals surface area contributed by atoms with Gasteiger partial charge in [0.1, 0.15) is 11.5 Å². The van der Waals surface area contributed by atoms with Crippen molar-refractivity contribution in [1.29, 1.82) is 0 Å². The second kappa shape index (κ2) is 7.71. The predicted octanol–water partition coefficient (Wildman–Crippen LogP) is 4.34. The number of para-hydroxylation sites is 2. The average Bonchev–Trinajstić information content (AvgIpc) is 2.77. The van der Waals surface area contributed by atoms with Gasteiger partial charge in [0.25, 0.3) is 11.2 Å². The van der Waals surface area contributed by atoms with Crippen molar-refractivity contribution in [1.82, 2.24) is 4.57 Å². The highest BCUT2D eigenvalue weighted by Gasteiger charge is 2.24. The summed E-state index contributed by atoms with van der Waals surface area (Å²) in [5.41, 5.74) is 0.640. The van der Waals surface area contributed by atoms with Gasteiger partial charge < -0.3 is 14.4 Å². The highest BCUT2D eigenvalue weighted by atomic mass is 16.6. The molecular weight excluding hydrogens is 384 g/mol. The van der Waals surface area contributed by atoms with E-state index in [4.69, 9.17) is 4.74 Å². The van der Waals surface area contributed by atoms with Gasteiger partial charge in [-0.25, -0.2) is 0 Å². The molecule has 0 bridgehead atoms. The first-order valence-electron chi connectivity index (χ1n) is 9.22. The molecule has 4 rings (SSSR count). The Kier molecular flexibility index (Phi) is 4.93. The number of pyridine rings is 1.